The molecule has 24 heavy (non-hydrogen) atoms. The van der Waals surface area contributed by atoms with Crippen molar-refractivity contribution >= 4 is 18.0 Å². The van der Waals surface area contributed by atoms with Crippen LogP contribution in [0.1, 0.15) is 15.9 Å². The Bertz CT molecular complexity index is 766. The maximum atomic E-state index is 12.1. The molecular weight excluding hydrogens is 306 g/mol. The summed E-state index contributed by atoms with van der Waals surface area (Å²) in [5.74, 6) is -1.12. The predicted octanol–water partition coefficient (Wildman–Crippen LogP) is 3.11. The molecule has 122 valence electrons. The summed E-state index contributed by atoms with van der Waals surface area (Å²) in [5, 5.41) is 11.7. The summed E-state index contributed by atoms with van der Waals surface area (Å²) in [4.78, 5) is 23.5. The van der Waals surface area contributed by atoms with Crippen LogP contribution in [0, 0.1) is 0 Å². The normalized spacial score (nSPS) is 10.8. The number of benzene rings is 2. The first-order valence-corrected chi connectivity index (χ1v) is 7.25. The van der Waals surface area contributed by atoms with Crippen molar-refractivity contribution in [3.63, 3.8) is 0 Å². The van der Waals surface area contributed by atoms with Crippen molar-refractivity contribution in [3.05, 3.63) is 84.1 Å². The van der Waals surface area contributed by atoms with E-state index in [4.69, 9.17) is 4.74 Å². The first-order valence-electron chi connectivity index (χ1n) is 7.25. The zero-order valence-corrected chi connectivity index (χ0v) is 12.9. The van der Waals surface area contributed by atoms with Crippen molar-refractivity contribution in [1.82, 2.24) is 5.32 Å². The number of ether oxygens (including phenoxy) is 1. The van der Waals surface area contributed by atoms with Gasteiger partial charge in [-0.3, -0.25) is 4.79 Å². The van der Waals surface area contributed by atoms with E-state index >= 15 is 0 Å². The standard InChI is InChI=1S/C19H17NO4/c1-2-11-24-16-10-6-7-14(12-16)13-17(19(22)23)20-18(21)15-8-4-3-5-9-15/h2-10,12-13H,1,11H2,(H,20,21)(H,22,23)/b17-13+. The molecule has 0 heterocycles. The largest absolute Gasteiger partial charge is 0.490 e. The number of hydrogen-bond donors (Lipinski definition) is 2. The molecule has 2 aromatic carbocycles. The highest BCUT2D eigenvalue weighted by atomic mass is 16.5. The van der Waals surface area contributed by atoms with Crippen molar-refractivity contribution in [2.45, 2.75) is 0 Å². The van der Waals surface area contributed by atoms with Crippen molar-refractivity contribution in [1.29, 1.82) is 0 Å². The monoisotopic (exact) mass is 323 g/mol. The number of hydrogen-bond acceptors (Lipinski definition) is 3. The van der Waals surface area contributed by atoms with E-state index in [-0.39, 0.29) is 5.70 Å². The highest BCUT2D eigenvalue weighted by molar-refractivity contribution is 6.02. The van der Waals surface area contributed by atoms with Crippen LogP contribution in [0.2, 0.25) is 0 Å². The van der Waals surface area contributed by atoms with E-state index in [1.807, 2.05) is 0 Å². The van der Waals surface area contributed by atoms with Gasteiger partial charge < -0.3 is 15.2 Å². The Balaban J connectivity index is 2.21. The van der Waals surface area contributed by atoms with Gasteiger partial charge in [0.2, 0.25) is 0 Å². The van der Waals surface area contributed by atoms with Crippen LogP contribution in [0.15, 0.2) is 72.9 Å². The fourth-order valence-corrected chi connectivity index (χ4v) is 1.95. The van der Waals surface area contributed by atoms with Gasteiger partial charge >= 0.3 is 5.97 Å². The Labute approximate surface area is 139 Å². The topological polar surface area (TPSA) is 75.6 Å². The average molecular weight is 323 g/mol. The zero-order chi connectivity index (χ0) is 17.4. The molecule has 5 heteroatoms. The average Bonchev–Trinajstić information content (AvgIpc) is 2.60. The van der Waals surface area contributed by atoms with E-state index in [1.54, 1.807) is 60.7 Å². The lowest BCUT2D eigenvalue weighted by molar-refractivity contribution is -0.132. The second-order valence-corrected chi connectivity index (χ2v) is 4.86. The molecule has 0 fully saturated rings. The minimum atomic E-state index is -1.23. The fraction of sp³-hybridized carbons (Fsp3) is 0.0526. The van der Waals surface area contributed by atoms with Gasteiger partial charge in [0.25, 0.3) is 5.91 Å². The van der Waals surface area contributed by atoms with Crippen LogP contribution in [0.25, 0.3) is 6.08 Å². The third kappa shape index (κ3) is 4.84. The number of amides is 1. The van der Waals surface area contributed by atoms with Gasteiger partial charge in [0.15, 0.2) is 0 Å². The fourth-order valence-electron chi connectivity index (χ4n) is 1.95. The van der Waals surface area contributed by atoms with E-state index in [1.165, 1.54) is 6.08 Å². The smallest absolute Gasteiger partial charge is 0.352 e. The number of carbonyl (C=O) groups is 2. The molecule has 5 nitrogen and oxygen atoms in total. The molecule has 2 rings (SSSR count). The molecule has 0 aliphatic carbocycles. The van der Waals surface area contributed by atoms with Gasteiger partial charge in [0.05, 0.1) is 0 Å². The highest BCUT2D eigenvalue weighted by Gasteiger charge is 2.13. The molecule has 1 amide bonds. The van der Waals surface area contributed by atoms with E-state index in [0.717, 1.165) is 0 Å². The van der Waals surface area contributed by atoms with Gasteiger partial charge in [0.1, 0.15) is 18.1 Å². The minimum Gasteiger partial charge on any atom is -0.490 e. The number of carboxylic acid groups (broad SMARTS) is 1. The summed E-state index contributed by atoms with van der Waals surface area (Å²) >= 11 is 0. The number of carbonyl (C=O) groups excluding carboxylic acids is 1. The Kier molecular flexibility index (Phi) is 5.91. The van der Waals surface area contributed by atoms with E-state index < -0.39 is 11.9 Å². The Morgan fingerprint density at radius 3 is 2.54 bits per heavy atom. The third-order valence-electron chi connectivity index (χ3n) is 3.05. The molecule has 0 bridgehead atoms. The summed E-state index contributed by atoms with van der Waals surface area (Å²) in [6, 6.07) is 15.3. The highest BCUT2D eigenvalue weighted by Crippen LogP contribution is 2.16. The quantitative estimate of drug-likeness (QED) is 0.606. The molecule has 0 atom stereocenters. The first kappa shape index (κ1) is 17.0. The molecule has 0 saturated heterocycles. The van der Waals surface area contributed by atoms with Crippen LogP contribution in [0.3, 0.4) is 0 Å². The Hall–Kier alpha value is -3.34. The molecule has 0 saturated carbocycles. The maximum Gasteiger partial charge on any atom is 0.352 e. The summed E-state index contributed by atoms with van der Waals surface area (Å²) in [5.41, 5.74) is 0.764. The number of nitrogens with one attached hydrogen (secondary N) is 1. The van der Waals surface area contributed by atoms with E-state index in [9.17, 15) is 14.7 Å². The van der Waals surface area contributed by atoms with E-state index in [2.05, 4.69) is 11.9 Å². The molecular formula is C19H17NO4. The van der Waals surface area contributed by atoms with Gasteiger partial charge in [0, 0.05) is 5.56 Å². The van der Waals surface area contributed by atoms with Crippen LogP contribution in [0.5, 0.6) is 5.75 Å². The third-order valence-corrected chi connectivity index (χ3v) is 3.05. The summed E-state index contributed by atoms with van der Waals surface area (Å²) in [6.07, 6.45) is 3.00. The maximum absolute atomic E-state index is 12.1. The summed E-state index contributed by atoms with van der Waals surface area (Å²) < 4.78 is 5.41. The second kappa shape index (κ2) is 8.33. The van der Waals surface area contributed by atoms with Gasteiger partial charge in [-0.2, -0.15) is 0 Å². The van der Waals surface area contributed by atoms with E-state index in [0.29, 0.717) is 23.5 Å². The number of rotatable bonds is 7. The van der Waals surface area contributed by atoms with Crippen LogP contribution in [-0.4, -0.2) is 23.6 Å². The van der Waals surface area contributed by atoms with Crippen LogP contribution in [0.4, 0.5) is 0 Å². The molecule has 0 spiro atoms. The van der Waals surface area contributed by atoms with Crippen LogP contribution in [-0.2, 0) is 4.79 Å². The second-order valence-electron chi connectivity index (χ2n) is 4.86. The lowest BCUT2D eigenvalue weighted by Crippen LogP contribution is -2.27. The van der Waals surface area contributed by atoms with Gasteiger partial charge in [-0.05, 0) is 35.9 Å². The van der Waals surface area contributed by atoms with Gasteiger partial charge in [-0.1, -0.05) is 43.0 Å². The minimum absolute atomic E-state index is 0.218. The van der Waals surface area contributed by atoms with Gasteiger partial charge in [-0.15, -0.1) is 0 Å². The summed E-state index contributed by atoms with van der Waals surface area (Å²) in [6.45, 7) is 3.92. The molecule has 2 N–H and O–H groups in total. The zero-order valence-electron chi connectivity index (χ0n) is 12.9. The number of carboxylic acids is 1. The Morgan fingerprint density at radius 1 is 1.12 bits per heavy atom. The molecule has 0 aliphatic rings. The van der Waals surface area contributed by atoms with Crippen molar-refractivity contribution < 1.29 is 19.4 Å². The Morgan fingerprint density at radius 2 is 1.88 bits per heavy atom. The molecule has 0 aromatic heterocycles. The SMILES string of the molecule is C=CCOc1cccc(/C=C(/NC(=O)c2ccccc2)C(=O)O)c1. The summed E-state index contributed by atoms with van der Waals surface area (Å²) in [7, 11) is 0. The van der Waals surface area contributed by atoms with Crippen molar-refractivity contribution in [2.75, 3.05) is 6.61 Å². The first-order chi connectivity index (χ1) is 11.6. The van der Waals surface area contributed by atoms with Crippen LogP contribution >= 0.6 is 0 Å². The van der Waals surface area contributed by atoms with Crippen molar-refractivity contribution in [3.8, 4) is 5.75 Å². The van der Waals surface area contributed by atoms with Gasteiger partial charge in [-0.25, -0.2) is 4.79 Å². The molecule has 0 radical (unpaired) electrons. The molecule has 0 unspecified atom stereocenters. The predicted molar refractivity (Wildman–Crippen MR) is 91.7 cm³/mol. The van der Waals surface area contributed by atoms with Crippen molar-refractivity contribution in [2.24, 2.45) is 0 Å². The lowest BCUT2D eigenvalue weighted by Gasteiger charge is -2.07. The lowest BCUT2D eigenvalue weighted by atomic mass is 10.1. The number of aliphatic carboxylic acids is 1. The molecule has 2 aromatic rings. The molecule has 0 aliphatic heterocycles. The van der Waals surface area contributed by atoms with Crippen LogP contribution < -0.4 is 10.1 Å².